The molecule has 48 heavy (non-hydrogen) atoms. The highest BCUT2D eigenvalue weighted by Gasteiger charge is 2.05. The number of benzene rings is 1. The average Bonchev–Trinajstić information content (AvgIpc) is 3.11. The summed E-state index contributed by atoms with van der Waals surface area (Å²) in [6, 6.07) is 8.86. The first-order valence-corrected chi connectivity index (χ1v) is 17.4. The Morgan fingerprint density at radius 2 is 0.667 bits per heavy atom. The highest BCUT2D eigenvalue weighted by Crippen LogP contribution is 2.01. The molecule has 0 heterocycles. The zero-order valence-electron chi connectivity index (χ0n) is 29.3. The Morgan fingerprint density at radius 3 is 0.979 bits per heavy atom. The van der Waals surface area contributed by atoms with Crippen LogP contribution in [0.1, 0.15) is 43.0 Å². The van der Waals surface area contributed by atoms with Gasteiger partial charge in [-0.05, 0) is 18.6 Å². The van der Waals surface area contributed by atoms with Crippen LogP contribution in [0.4, 0.5) is 0 Å². The second-order valence-electron chi connectivity index (χ2n) is 10.3. The van der Waals surface area contributed by atoms with E-state index < -0.39 is 0 Å². The van der Waals surface area contributed by atoms with Gasteiger partial charge in [-0.2, -0.15) is 0 Å². The molecule has 0 saturated heterocycles. The lowest BCUT2D eigenvalue weighted by atomic mass is 10.2. The van der Waals surface area contributed by atoms with Crippen molar-refractivity contribution in [2.75, 3.05) is 152 Å². The molecule has 1 rings (SSSR count). The summed E-state index contributed by atoms with van der Waals surface area (Å²) < 4.78 is 65.3. The molecule has 0 unspecified atom stereocenters. The van der Waals surface area contributed by atoms with Crippen LogP contribution in [-0.4, -0.2) is 158 Å². The third kappa shape index (κ3) is 32.8. The summed E-state index contributed by atoms with van der Waals surface area (Å²) in [6.07, 6.45) is 4.88. The first kappa shape index (κ1) is 44.3. The molecule has 1 aromatic rings. The van der Waals surface area contributed by atoms with Crippen LogP contribution in [0, 0.1) is 0 Å². The SMILES string of the molecule is CCCCCCOCCOCCOCCOCCOCCOCCOCCOCCOCCOCCOCCOC(=O)c1ccccc1. The van der Waals surface area contributed by atoms with Crippen LogP contribution in [0.5, 0.6) is 0 Å². The van der Waals surface area contributed by atoms with E-state index in [0.29, 0.717) is 144 Å². The number of unbranched alkanes of at least 4 members (excludes halogenated alkanes) is 3. The van der Waals surface area contributed by atoms with E-state index in [2.05, 4.69) is 6.92 Å². The lowest BCUT2D eigenvalue weighted by Crippen LogP contribution is -2.15. The maximum atomic E-state index is 11.8. The van der Waals surface area contributed by atoms with E-state index in [1.807, 2.05) is 6.07 Å². The monoisotopic (exact) mass is 690 g/mol. The van der Waals surface area contributed by atoms with Gasteiger partial charge in [-0.1, -0.05) is 44.4 Å². The van der Waals surface area contributed by atoms with Gasteiger partial charge in [0.15, 0.2) is 0 Å². The van der Waals surface area contributed by atoms with E-state index in [1.54, 1.807) is 24.3 Å². The van der Waals surface area contributed by atoms with E-state index >= 15 is 0 Å². The topological polar surface area (TPSA) is 128 Å². The number of rotatable bonds is 39. The molecule has 0 N–H and O–H groups in total. The third-order valence-corrected chi connectivity index (χ3v) is 6.33. The average molecular weight is 691 g/mol. The minimum atomic E-state index is -0.355. The molecular formula is C35H62O13. The second kappa shape index (κ2) is 38.1. The number of hydrogen-bond acceptors (Lipinski definition) is 13. The zero-order valence-corrected chi connectivity index (χ0v) is 29.3. The highest BCUT2D eigenvalue weighted by molar-refractivity contribution is 5.89. The molecular weight excluding hydrogens is 628 g/mol. The fourth-order valence-electron chi connectivity index (χ4n) is 3.78. The molecule has 13 nitrogen and oxygen atoms in total. The predicted molar refractivity (Wildman–Crippen MR) is 180 cm³/mol. The van der Waals surface area contributed by atoms with E-state index in [0.717, 1.165) is 13.0 Å². The molecule has 0 radical (unpaired) electrons. The standard InChI is InChI=1S/C35H62O13/c1-2-3-4-8-11-37-12-13-38-14-15-39-16-17-40-18-19-41-20-21-42-22-23-43-24-25-44-26-27-45-28-29-46-30-31-47-32-33-48-35(36)34-9-6-5-7-10-34/h5-7,9-10H,2-4,8,11-33H2,1H3. The van der Waals surface area contributed by atoms with Crippen LogP contribution >= 0.6 is 0 Å². The lowest BCUT2D eigenvalue weighted by Gasteiger charge is -2.09. The maximum Gasteiger partial charge on any atom is 0.338 e. The van der Waals surface area contributed by atoms with Crippen molar-refractivity contribution in [1.29, 1.82) is 0 Å². The summed E-state index contributed by atoms with van der Waals surface area (Å²) in [6.45, 7) is 13.8. The van der Waals surface area contributed by atoms with Gasteiger partial charge in [0, 0.05) is 6.61 Å². The molecule has 0 fully saturated rings. The van der Waals surface area contributed by atoms with Crippen molar-refractivity contribution in [3.63, 3.8) is 0 Å². The lowest BCUT2D eigenvalue weighted by molar-refractivity contribution is -0.0280. The van der Waals surface area contributed by atoms with Crippen LogP contribution in [-0.2, 0) is 56.8 Å². The summed E-state index contributed by atoms with van der Waals surface area (Å²) in [4.78, 5) is 11.8. The van der Waals surface area contributed by atoms with Crippen LogP contribution in [0.25, 0.3) is 0 Å². The van der Waals surface area contributed by atoms with Gasteiger partial charge in [0.1, 0.15) is 6.61 Å². The molecule has 0 atom stereocenters. The van der Waals surface area contributed by atoms with Gasteiger partial charge in [-0.3, -0.25) is 0 Å². The molecule has 0 saturated carbocycles. The second-order valence-corrected chi connectivity index (χ2v) is 10.3. The van der Waals surface area contributed by atoms with Gasteiger partial charge in [-0.15, -0.1) is 0 Å². The summed E-state index contributed by atoms with van der Waals surface area (Å²) >= 11 is 0. The van der Waals surface area contributed by atoms with Gasteiger partial charge in [-0.25, -0.2) is 4.79 Å². The summed E-state index contributed by atoms with van der Waals surface area (Å²) in [5.74, 6) is -0.355. The molecule has 13 heteroatoms. The molecule has 0 aromatic heterocycles. The Labute approximate surface area is 288 Å². The van der Waals surface area contributed by atoms with Crippen LogP contribution < -0.4 is 0 Å². The fourth-order valence-corrected chi connectivity index (χ4v) is 3.78. The van der Waals surface area contributed by atoms with Crippen molar-refractivity contribution in [2.24, 2.45) is 0 Å². The minimum Gasteiger partial charge on any atom is -0.460 e. The minimum absolute atomic E-state index is 0.203. The molecule has 0 bridgehead atoms. The van der Waals surface area contributed by atoms with Crippen LogP contribution in [0.3, 0.4) is 0 Å². The number of hydrogen-bond donors (Lipinski definition) is 0. The van der Waals surface area contributed by atoms with Gasteiger partial charge in [0.2, 0.25) is 0 Å². The molecule has 0 aliphatic rings. The largest absolute Gasteiger partial charge is 0.460 e. The molecule has 0 aliphatic carbocycles. The van der Waals surface area contributed by atoms with Crippen molar-refractivity contribution in [3.8, 4) is 0 Å². The number of esters is 1. The summed E-state index contributed by atoms with van der Waals surface area (Å²) in [5, 5.41) is 0. The van der Waals surface area contributed by atoms with Crippen molar-refractivity contribution >= 4 is 5.97 Å². The van der Waals surface area contributed by atoms with Crippen molar-refractivity contribution in [3.05, 3.63) is 35.9 Å². The summed E-state index contributed by atoms with van der Waals surface area (Å²) in [7, 11) is 0. The Balaban J connectivity index is 1.62. The normalized spacial score (nSPS) is 11.4. The van der Waals surface area contributed by atoms with E-state index in [9.17, 15) is 4.79 Å². The first-order valence-electron chi connectivity index (χ1n) is 17.4. The highest BCUT2D eigenvalue weighted by atomic mass is 16.6. The quantitative estimate of drug-likeness (QED) is 0.0738. The Bertz CT molecular complexity index is 772. The van der Waals surface area contributed by atoms with Crippen LogP contribution in [0.2, 0.25) is 0 Å². The zero-order chi connectivity index (χ0) is 34.3. The third-order valence-electron chi connectivity index (χ3n) is 6.33. The van der Waals surface area contributed by atoms with Gasteiger partial charge >= 0.3 is 5.97 Å². The predicted octanol–water partition coefficient (Wildman–Crippen LogP) is 3.61. The maximum absolute atomic E-state index is 11.8. The van der Waals surface area contributed by atoms with Gasteiger partial charge < -0.3 is 56.8 Å². The number of carbonyl (C=O) groups is 1. The van der Waals surface area contributed by atoms with E-state index in [-0.39, 0.29) is 12.6 Å². The Hall–Kier alpha value is -1.75. The van der Waals surface area contributed by atoms with Crippen molar-refractivity contribution < 1.29 is 61.6 Å². The first-order chi connectivity index (χ1) is 23.8. The van der Waals surface area contributed by atoms with Gasteiger partial charge in [0.25, 0.3) is 0 Å². The van der Waals surface area contributed by atoms with Crippen molar-refractivity contribution in [2.45, 2.75) is 32.6 Å². The number of ether oxygens (including phenoxy) is 12. The molecule has 1 aromatic carbocycles. The van der Waals surface area contributed by atoms with Crippen LogP contribution in [0.15, 0.2) is 30.3 Å². The van der Waals surface area contributed by atoms with Crippen molar-refractivity contribution in [1.82, 2.24) is 0 Å². The smallest absolute Gasteiger partial charge is 0.338 e. The Kier molecular flexibility index (Phi) is 35.1. The Morgan fingerprint density at radius 1 is 0.375 bits per heavy atom. The van der Waals surface area contributed by atoms with E-state index in [4.69, 9.17) is 56.8 Å². The van der Waals surface area contributed by atoms with E-state index in [1.165, 1.54) is 19.3 Å². The molecule has 0 aliphatic heterocycles. The molecule has 0 spiro atoms. The fraction of sp³-hybridized carbons (Fsp3) is 0.800. The molecule has 280 valence electrons. The number of carbonyl (C=O) groups excluding carboxylic acids is 1. The molecule has 0 amide bonds. The van der Waals surface area contributed by atoms with Gasteiger partial charge in [0.05, 0.1) is 144 Å². The summed E-state index contributed by atoms with van der Waals surface area (Å²) in [5.41, 5.74) is 0.526.